The maximum absolute atomic E-state index is 13.7. The maximum atomic E-state index is 13.7. The first kappa shape index (κ1) is 19.5. The van der Waals surface area contributed by atoms with Crippen LogP contribution in [0.3, 0.4) is 0 Å². The minimum Gasteiger partial charge on any atom is -0.467 e. The minimum atomic E-state index is -0.409. The van der Waals surface area contributed by atoms with Gasteiger partial charge in [0.1, 0.15) is 22.7 Å². The molecule has 0 bridgehead atoms. The molecule has 1 unspecified atom stereocenters. The van der Waals surface area contributed by atoms with Crippen LogP contribution in [0.25, 0.3) is 22.4 Å². The molecule has 0 aliphatic rings. The second-order valence-corrected chi connectivity index (χ2v) is 6.79. The molecule has 4 aromatic rings. The normalized spacial score (nSPS) is 12.0. The van der Waals surface area contributed by atoms with Gasteiger partial charge in [-0.05, 0) is 31.5 Å². The fourth-order valence-corrected chi connectivity index (χ4v) is 3.10. The number of benzene rings is 2. The molecular weight excluding hydrogens is 387 g/mol. The zero-order valence-corrected chi connectivity index (χ0v) is 16.4. The highest BCUT2D eigenvalue weighted by Gasteiger charge is 2.20. The number of nitrogens with zero attached hydrogens (tertiary/aromatic N) is 3. The van der Waals surface area contributed by atoms with E-state index in [1.807, 2.05) is 37.3 Å². The van der Waals surface area contributed by atoms with E-state index in [4.69, 9.17) is 9.26 Å². The number of hydrogen-bond donors (Lipinski definition) is 1. The van der Waals surface area contributed by atoms with Gasteiger partial charge >= 0.3 is 0 Å². The maximum Gasteiger partial charge on any atom is 0.265 e. The number of nitrogens with one attached hydrogen (secondary N) is 1. The Morgan fingerprint density at radius 3 is 2.73 bits per heavy atom. The van der Waals surface area contributed by atoms with Crippen molar-refractivity contribution < 1.29 is 18.4 Å². The van der Waals surface area contributed by atoms with Gasteiger partial charge in [0.05, 0.1) is 6.04 Å². The first-order chi connectivity index (χ1) is 14.5. The number of aromatic nitrogens is 3. The third kappa shape index (κ3) is 4.12. The number of fused-ring (bicyclic) bond motifs is 1. The summed E-state index contributed by atoms with van der Waals surface area (Å²) < 4.78 is 24.6. The number of hydrogen-bond acceptors (Lipinski definition) is 6. The summed E-state index contributed by atoms with van der Waals surface area (Å²) in [7, 11) is 0. The van der Waals surface area contributed by atoms with E-state index in [0.29, 0.717) is 22.5 Å². The van der Waals surface area contributed by atoms with E-state index < -0.39 is 5.82 Å². The number of rotatable bonds is 6. The van der Waals surface area contributed by atoms with Crippen LogP contribution in [0, 0.1) is 12.7 Å². The van der Waals surface area contributed by atoms with Gasteiger partial charge in [0.2, 0.25) is 5.88 Å². The second-order valence-electron chi connectivity index (χ2n) is 6.79. The Morgan fingerprint density at radius 1 is 1.17 bits per heavy atom. The number of aryl methyl sites for hydroxylation is 1. The van der Waals surface area contributed by atoms with Gasteiger partial charge in [0, 0.05) is 5.56 Å². The van der Waals surface area contributed by atoms with Crippen molar-refractivity contribution >= 4 is 17.0 Å². The Hall–Kier alpha value is -3.81. The molecule has 152 valence electrons. The summed E-state index contributed by atoms with van der Waals surface area (Å²) in [6.07, 6.45) is 0. The average Bonchev–Trinajstić information content (AvgIpc) is 3.16. The minimum absolute atomic E-state index is 0.153. The highest BCUT2D eigenvalue weighted by Crippen LogP contribution is 2.33. The molecule has 2 aromatic carbocycles. The number of ether oxygens (including phenoxy) is 1. The van der Waals surface area contributed by atoms with E-state index in [-0.39, 0.29) is 30.1 Å². The predicted octanol–water partition coefficient (Wildman–Crippen LogP) is 3.99. The largest absolute Gasteiger partial charge is 0.467 e. The lowest BCUT2D eigenvalue weighted by atomic mass is 10.1. The zero-order chi connectivity index (χ0) is 21.1. The number of amides is 1. The third-order valence-corrected chi connectivity index (χ3v) is 4.53. The van der Waals surface area contributed by atoms with Crippen molar-refractivity contribution in [1.82, 2.24) is 20.4 Å². The lowest BCUT2D eigenvalue weighted by Gasteiger charge is -2.14. The third-order valence-electron chi connectivity index (χ3n) is 4.53. The molecule has 8 heteroatoms. The Bertz CT molecular complexity index is 1190. The van der Waals surface area contributed by atoms with Crippen LogP contribution < -0.4 is 10.1 Å². The van der Waals surface area contributed by atoms with Crippen molar-refractivity contribution in [3.63, 3.8) is 0 Å². The molecule has 0 spiro atoms. The second kappa shape index (κ2) is 8.28. The molecule has 0 radical (unpaired) electrons. The van der Waals surface area contributed by atoms with Gasteiger partial charge in [-0.1, -0.05) is 47.6 Å². The summed E-state index contributed by atoms with van der Waals surface area (Å²) in [5, 5.41) is 7.26. The van der Waals surface area contributed by atoms with Crippen molar-refractivity contribution in [2.45, 2.75) is 19.9 Å². The Labute approximate surface area is 171 Å². The van der Waals surface area contributed by atoms with Crippen molar-refractivity contribution in [2.75, 3.05) is 6.61 Å². The van der Waals surface area contributed by atoms with Crippen LogP contribution in [-0.4, -0.2) is 27.6 Å². The SMILES string of the molecule is Cc1nc(OCC(=O)NC(C)c2ccccc2)c2c(-c3cccc(F)c3)noc2n1. The van der Waals surface area contributed by atoms with Gasteiger partial charge < -0.3 is 14.6 Å². The number of carbonyl (C=O) groups is 1. The van der Waals surface area contributed by atoms with E-state index in [1.165, 1.54) is 12.1 Å². The van der Waals surface area contributed by atoms with Crippen LogP contribution in [0.5, 0.6) is 5.88 Å². The van der Waals surface area contributed by atoms with Gasteiger partial charge in [-0.3, -0.25) is 4.79 Å². The van der Waals surface area contributed by atoms with E-state index >= 15 is 0 Å². The highest BCUT2D eigenvalue weighted by molar-refractivity contribution is 5.93. The molecule has 0 fully saturated rings. The standard InChI is InChI=1S/C22H19FN4O3/c1-13(15-7-4-3-5-8-15)24-18(28)12-29-21-19-20(16-9-6-10-17(23)11-16)27-30-22(19)26-14(2)25-21/h3-11,13H,12H2,1-2H3,(H,24,28). The van der Waals surface area contributed by atoms with Crippen LogP contribution in [-0.2, 0) is 4.79 Å². The van der Waals surface area contributed by atoms with E-state index in [2.05, 4.69) is 20.4 Å². The molecule has 0 saturated carbocycles. The molecule has 7 nitrogen and oxygen atoms in total. The van der Waals surface area contributed by atoms with E-state index in [0.717, 1.165) is 5.56 Å². The molecule has 2 heterocycles. The lowest BCUT2D eigenvalue weighted by Crippen LogP contribution is -2.31. The smallest absolute Gasteiger partial charge is 0.265 e. The molecule has 1 amide bonds. The van der Waals surface area contributed by atoms with Crippen LogP contribution in [0.1, 0.15) is 24.4 Å². The Kier molecular flexibility index (Phi) is 5.38. The zero-order valence-electron chi connectivity index (χ0n) is 16.4. The van der Waals surface area contributed by atoms with Crippen molar-refractivity contribution in [3.8, 4) is 17.1 Å². The number of halogens is 1. The molecule has 1 N–H and O–H groups in total. The van der Waals surface area contributed by atoms with E-state index in [1.54, 1.807) is 19.1 Å². The van der Waals surface area contributed by atoms with Gasteiger partial charge in [-0.15, -0.1) is 0 Å². The van der Waals surface area contributed by atoms with Crippen LogP contribution in [0.2, 0.25) is 0 Å². The van der Waals surface area contributed by atoms with Crippen LogP contribution in [0.15, 0.2) is 59.1 Å². The molecule has 30 heavy (non-hydrogen) atoms. The fraction of sp³-hybridized carbons (Fsp3) is 0.182. The molecule has 0 saturated heterocycles. The van der Waals surface area contributed by atoms with Gasteiger partial charge in [0.15, 0.2) is 6.61 Å². The van der Waals surface area contributed by atoms with Crippen molar-refractivity contribution in [3.05, 3.63) is 71.8 Å². The first-order valence-corrected chi connectivity index (χ1v) is 9.38. The summed E-state index contributed by atoms with van der Waals surface area (Å²) in [5.41, 5.74) is 2.03. The summed E-state index contributed by atoms with van der Waals surface area (Å²) in [6.45, 7) is 3.31. The van der Waals surface area contributed by atoms with Crippen molar-refractivity contribution in [2.24, 2.45) is 0 Å². The van der Waals surface area contributed by atoms with Crippen LogP contribution in [0.4, 0.5) is 4.39 Å². The summed E-state index contributed by atoms with van der Waals surface area (Å²) in [6, 6.07) is 15.4. The fourth-order valence-electron chi connectivity index (χ4n) is 3.10. The summed E-state index contributed by atoms with van der Waals surface area (Å²) in [4.78, 5) is 20.9. The molecule has 0 aliphatic carbocycles. The van der Waals surface area contributed by atoms with E-state index in [9.17, 15) is 9.18 Å². The lowest BCUT2D eigenvalue weighted by molar-refractivity contribution is -0.123. The highest BCUT2D eigenvalue weighted by atomic mass is 19.1. The van der Waals surface area contributed by atoms with Crippen LogP contribution >= 0.6 is 0 Å². The summed E-state index contributed by atoms with van der Waals surface area (Å²) in [5.74, 6) is -0.161. The first-order valence-electron chi connectivity index (χ1n) is 9.38. The topological polar surface area (TPSA) is 90.1 Å². The molecule has 0 aliphatic heterocycles. The molecule has 1 atom stereocenters. The Balaban J connectivity index is 1.56. The van der Waals surface area contributed by atoms with Gasteiger partial charge in [-0.25, -0.2) is 4.39 Å². The van der Waals surface area contributed by atoms with Gasteiger partial charge in [0.25, 0.3) is 11.6 Å². The summed E-state index contributed by atoms with van der Waals surface area (Å²) >= 11 is 0. The average molecular weight is 406 g/mol. The molecule has 2 aromatic heterocycles. The van der Waals surface area contributed by atoms with Crippen molar-refractivity contribution in [1.29, 1.82) is 0 Å². The molecule has 4 rings (SSSR count). The quantitative estimate of drug-likeness (QED) is 0.521. The predicted molar refractivity (Wildman–Crippen MR) is 108 cm³/mol. The number of carbonyl (C=O) groups excluding carboxylic acids is 1. The monoisotopic (exact) mass is 406 g/mol. The molecular formula is C22H19FN4O3. The van der Waals surface area contributed by atoms with Gasteiger partial charge in [-0.2, -0.15) is 9.97 Å². The Morgan fingerprint density at radius 2 is 1.97 bits per heavy atom.